The van der Waals surface area contributed by atoms with E-state index in [9.17, 15) is 4.79 Å². The first-order valence-corrected chi connectivity index (χ1v) is 9.30. The van der Waals surface area contributed by atoms with Crippen molar-refractivity contribution in [2.45, 2.75) is 63.8 Å². The van der Waals surface area contributed by atoms with E-state index >= 15 is 0 Å². The maximum atomic E-state index is 13.4. The molecule has 0 N–H and O–H groups in total. The third kappa shape index (κ3) is 2.17. The molecule has 5 nitrogen and oxygen atoms in total. The molecule has 3 aliphatic rings. The van der Waals surface area contributed by atoms with E-state index in [0.29, 0.717) is 23.6 Å². The summed E-state index contributed by atoms with van der Waals surface area (Å²) in [6.07, 6.45) is 8.41. The van der Waals surface area contributed by atoms with Crippen molar-refractivity contribution in [3.05, 3.63) is 23.0 Å². The SMILES string of the molecule is Cc1noc2nc(C3CC3)cc(C(=O)N3CCCC4CCCC43)c12. The molecule has 0 spiro atoms. The van der Waals surface area contributed by atoms with Crippen molar-refractivity contribution in [1.29, 1.82) is 0 Å². The van der Waals surface area contributed by atoms with Crippen LogP contribution in [-0.4, -0.2) is 33.5 Å². The Kier molecular flexibility index (Phi) is 3.19. The highest BCUT2D eigenvalue weighted by atomic mass is 16.5. The van der Waals surface area contributed by atoms with Crippen molar-refractivity contribution in [3.8, 4) is 0 Å². The van der Waals surface area contributed by atoms with Gasteiger partial charge in [-0.05, 0) is 57.4 Å². The van der Waals surface area contributed by atoms with E-state index in [4.69, 9.17) is 4.52 Å². The molecule has 126 valence electrons. The van der Waals surface area contributed by atoms with Gasteiger partial charge in [-0.2, -0.15) is 0 Å². The summed E-state index contributed by atoms with van der Waals surface area (Å²) in [5.74, 6) is 1.35. The monoisotopic (exact) mass is 325 g/mol. The molecular weight excluding hydrogens is 302 g/mol. The molecule has 2 aliphatic carbocycles. The van der Waals surface area contributed by atoms with Crippen LogP contribution in [0.25, 0.3) is 11.1 Å². The minimum absolute atomic E-state index is 0.159. The number of aromatic nitrogens is 2. The number of piperidine rings is 1. The van der Waals surface area contributed by atoms with E-state index in [1.165, 1.54) is 19.3 Å². The Morgan fingerprint density at radius 1 is 1.21 bits per heavy atom. The molecule has 2 atom stereocenters. The van der Waals surface area contributed by atoms with E-state index in [2.05, 4.69) is 15.0 Å². The number of rotatable bonds is 2. The second-order valence-electron chi connectivity index (χ2n) is 7.72. The Bertz CT molecular complexity index is 808. The summed E-state index contributed by atoms with van der Waals surface area (Å²) in [6.45, 7) is 2.78. The largest absolute Gasteiger partial charge is 0.336 e. The van der Waals surface area contributed by atoms with Gasteiger partial charge in [0.25, 0.3) is 11.6 Å². The molecule has 2 saturated carbocycles. The van der Waals surface area contributed by atoms with Crippen LogP contribution >= 0.6 is 0 Å². The van der Waals surface area contributed by atoms with E-state index in [0.717, 1.165) is 54.6 Å². The van der Waals surface area contributed by atoms with Crippen molar-refractivity contribution >= 4 is 17.0 Å². The second kappa shape index (κ2) is 5.30. The summed E-state index contributed by atoms with van der Waals surface area (Å²) in [6, 6.07) is 2.45. The molecule has 0 aromatic carbocycles. The van der Waals surface area contributed by atoms with Gasteiger partial charge < -0.3 is 9.42 Å². The smallest absolute Gasteiger partial charge is 0.259 e. The Balaban J connectivity index is 1.59. The number of aryl methyl sites for hydroxylation is 1. The van der Waals surface area contributed by atoms with Crippen LogP contribution in [0.3, 0.4) is 0 Å². The summed E-state index contributed by atoms with van der Waals surface area (Å²) in [5, 5.41) is 4.87. The Morgan fingerprint density at radius 3 is 2.88 bits per heavy atom. The first kappa shape index (κ1) is 14.4. The number of fused-ring (bicyclic) bond motifs is 2. The normalized spacial score (nSPS) is 26.8. The van der Waals surface area contributed by atoms with Gasteiger partial charge in [0, 0.05) is 24.2 Å². The van der Waals surface area contributed by atoms with Gasteiger partial charge in [0.2, 0.25) is 0 Å². The quantitative estimate of drug-likeness (QED) is 0.842. The van der Waals surface area contributed by atoms with Gasteiger partial charge in [0.05, 0.1) is 16.6 Å². The third-order valence-electron chi connectivity index (χ3n) is 6.12. The molecule has 1 amide bonds. The minimum Gasteiger partial charge on any atom is -0.336 e. The molecule has 1 aliphatic heterocycles. The fourth-order valence-electron chi connectivity index (χ4n) is 4.73. The standard InChI is InChI=1S/C19H23N3O2/c1-11-17-14(10-15(12-7-8-12)20-18(17)24-21-11)19(23)22-9-3-5-13-4-2-6-16(13)22/h10,12-13,16H,2-9H2,1H3. The highest BCUT2D eigenvalue weighted by Crippen LogP contribution is 2.42. The lowest BCUT2D eigenvalue weighted by Crippen LogP contribution is -2.46. The van der Waals surface area contributed by atoms with Crippen LogP contribution in [0.2, 0.25) is 0 Å². The average Bonchev–Trinajstić information content (AvgIpc) is 3.23. The van der Waals surface area contributed by atoms with Gasteiger partial charge in [0.1, 0.15) is 0 Å². The fourth-order valence-corrected chi connectivity index (χ4v) is 4.73. The Morgan fingerprint density at radius 2 is 2.04 bits per heavy atom. The highest BCUT2D eigenvalue weighted by Gasteiger charge is 2.39. The number of amides is 1. The Labute approximate surface area is 141 Å². The fraction of sp³-hybridized carbons (Fsp3) is 0.632. The number of carbonyl (C=O) groups excluding carboxylic acids is 1. The molecule has 2 aromatic rings. The molecular formula is C19H23N3O2. The maximum absolute atomic E-state index is 13.4. The van der Waals surface area contributed by atoms with Crippen LogP contribution in [0.15, 0.2) is 10.6 Å². The zero-order chi connectivity index (χ0) is 16.3. The van der Waals surface area contributed by atoms with Gasteiger partial charge in [-0.25, -0.2) is 4.98 Å². The molecule has 2 aromatic heterocycles. The van der Waals surface area contributed by atoms with Crippen LogP contribution in [0.5, 0.6) is 0 Å². The van der Waals surface area contributed by atoms with Crippen LogP contribution in [0, 0.1) is 12.8 Å². The molecule has 0 bridgehead atoms. The van der Waals surface area contributed by atoms with Crippen molar-refractivity contribution < 1.29 is 9.32 Å². The first-order valence-electron chi connectivity index (χ1n) is 9.30. The molecule has 5 heteroatoms. The summed E-state index contributed by atoms with van der Waals surface area (Å²) in [4.78, 5) is 20.2. The molecule has 5 rings (SSSR count). The van der Waals surface area contributed by atoms with Crippen LogP contribution in [0.4, 0.5) is 0 Å². The van der Waals surface area contributed by atoms with Gasteiger partial charge in [-0.1, -0.05) is 11.6 Å². The third-order valence-corrected chi connectivity index (χ3v) is 6.12. The van der Waals surface area contributed by atoms with Crippen molar-refractivity contribution in [2.24, 2.45) is 5.92 Å². The molecule has 0 radical (unpaired) electrons. The van der Waals surface area contributed by atoms with Gasteiger partial charge in [-0.15, -0.1) is 0 Å². The van der Waals surface area contributed by atoms with Gasteiger partial charge in [0.15, 0.2) is 0 Å². The van der Waals surface area contributed by atoms with Crippen LogP contribution < -0.4 is 0 Å². The van der Waals surface area contributed by atoms with Crippen LogP contribution in [0.1, 0.15) is 72.6 Å². The minimum atomic E-state index is 0.159. The molecule has 3 fully saturated rings. The second-order valence-corrected chi connectivity index (χ2v) is 7.72. The van der Waals surface area contributed by atoms with Crippen LogP contribution in [-0.2, 0) is 0 Å². The first-order chi connectivity index (χ1) is 11.7. The van der Waals surface area contributed by atoms with Crippen molar-refractivity contribution in [2.75, 3.05) is 6.54 Å². The Hall–Kier alpha value is -1.91. The number of pyridine rings is 1. The van der Waals surface area contributed by atoms with E-state index in [1.807, 2.05) is 13.0 Å². The van der Waals surface area contributed by atoms with Crippen molar-refractivity contribution in [3.63, 3.8) is 0 Å². The summed E-state index contributed by atoms with van der Waals surface area (Å²) in [7, 11) is 0. The summed E-state index contributed by atoms with van der Waals surface area (Å²) in [5.41, 5.74) is 3.05. The maximum Gasteiger partial charge on any atom is 0.259 e. The van der Waals surface area contributed by atoms with E-state index in [1.54, 1.807) is 0 Å². The zero-order valence-electron chi connectivity index (χ0n) is 14.1. The van der Waals surface area contributed by atoms with E-state index < -0.39 is 0 Å². The number of likely N-dealkylation sites (tertiary alicyclic amines) is 1. The highest BCUT2D eigenvalue weighted by molar-refractivity contribution is 6.06. The topological polar surface area (TPSA) is 59.2 Å². The molecule has 24 heavy (non-hydrogen) atoms. The molecule has 3 heterocycles. The average molecular weight is 325 g/mol. The van der Waals surface area contributed by atoms with Crippen molar-refractivity contribution in [1.82, 2.24) is 15.0 Å². The van der Waals surface area contributed by atoms with E-state index in [-0.39, 0.29) is 5.91 Å². The lowest BCUT2D eigenvalue weighted by molar-refractivity contribution is 0.0550. The lowest BCUT2D eigenvalue weighted by Gasteiger charge is -2.38. The molecule has 2 unspecified atom stereocenters. The predicted molar refractivity (Wildman–Crippen MR) is 89.9 cm³/mol. The number of hydrogen-bond acceptors (Lipinski definition) is 4. The number of carbonyl (C=O) groups is 1. The van der Waals surface area contributed by atoms with Gasteiger partial charge >= 0.3 is 0 Å². The lowest BCUT2D eigenvalue weighted by atomic mass is 9.91. The number of hydrogen-bond donors (Lipinski definition) is 0. The predicted octanol–water partition coefficient (Wildman–Crippen LogP) is 3.81. The summed E-state index contributed by atoms with van der Waals surface area (Å²) < 4.78 is 5.40. The number of nitrogens with zero attached hydrogens (tertiary/aromatic N) is 3. The summed E-state index contributed by atoms with van der Waals surface area (Å²) >= 11 is 0. The molecule has 1 saturated heterocycles. The zero-order valence-corrected chi connectivity index (χ0v) is 14.1. The van der Waals surface area contributed by atoms with Gasteiger partial charge in [-0.3, -0.25) is 4.79 Å².